The summed E-state index contributed by atoms with van der Waals surface area (Å²) >= 11 is 5.07. The van der Waals surface area contributed by atoms with Gasteiger partial charge in [0, 0.05) is 26.1 Å². The predicted molar refractivity (Wildman–Crippen MR) is 49.2 cm³/mol. The van der Waals surface area contributed by atoms with Crippen LogP contribution in [-0.2, 0) is 0 Å². The molecule has 10 heavy (non-hydrogen) atoms. The highest BCUT2D eigenvalue weighted by Gasteiger charge is 2.13. The van der Waals surface area contributed by atoms with Crippen LogP contribution in [0.1, 0.15) is 20.3 Å². The third-order valence-electron chi connectivity index (χ3n) is 1.11. The van der Waals surface area contributed by atoms with Gasteiger partial charge < -0.3 is 10.6 Å². The standard InChI is InChI=1S/C7H16N2S/c1-7(2,8)5-6(10)9(3)4/h5,8H2,1-4H3. The first-order valence-electron chi connectivity index (χ1n) is 3.32. The number of hydrogen-bond acceptors (Lipinski definition) is 2. The van der Waals surface area contributed by atoms with Crippen molar-refractivity contribution in [3.8, 4) is 0 Å². The highest BCUT2D eigenvalue weighted by Crippen LogP contribution is 2.06. The van der Waals surface area contributed by atoms with Gasteiger partial charge in [0.1, 0.15) is 0 Å². The van der Waals surface area contributed by atoms with E-state index in [2.05, 4.69) is 0 Å². The van der Waals surface area contributed by atoms with Crippen molar-refractivity contribution in [2.45, 2.75) is 25.8 Å². The Morgan fingerprint density at radius 2 is 1.90 bits per heavy atom. The zero-order valence-electron chi connectivity index (χ0n) is 7.14. The molecule has 0 aliphatic rings. The molecule has 60 valence electrons. The van der Waals surface area contributed by atoms with Crippen molar-refractivity contribution in [2.75, 3.05) is 14.1 Å². The lowest BCUT2D eigenvalue weighted by atomic mass is 10.0. The lowest BCUT2D eigenvalue weighted by Gasteiger charge is -2.22. The molecule has 0 aliphatic carbocycles. The monoisotopic (exact) mass is 160 g/mol. The molecular formula is C7H16N2S. The number of nitrogens with two attached hydrogens (primary N) is 1. The van der Waals surface area contributed by atoms with Gasteiger partial charge in [-0.05, 0) is 13.8 Å². The van der Waals surface area contributed by atoms with E-state index in [-0.39, 0.29) is 5.54 Å². The van der Waals surface area contributed by atoms with Crippen LogP contribution in [0.15, 0.2) is 0 Å². The van der Waals surface area contributed by atoms with E-state index in [9.17, 15) is 0 Å². The maximum absolute atomic E-state index is 5.76. The molecule has 0 bridgehead atoms. The van der Waals surface area contributed by atoms with E-state index in [1.165, 1.54) is 0 Å². The van der Waals surface area contributed by atoms with Crippen LogP contribution in [0, 0.1) is 0 Å². The Kier molecular flexibility index (Phi) is 3.25. The maximum atomic E-state index is 5.76. The third kappa shape index (κ3) is 4.70. The summed E-state index contributed by atoms with van der Waals surface area (Å²) in [7, 11) is 3.88. The second-order valence-electron chi connectivity index (χ2n) is 3.45. The minimum absolute atomic E-state index is 0.179. The van der Waals surface area contributed by atoms with Crippen LogP contribution in [0.25, 0.3) is 0 Å². The average Bonchev–Trinajstić information content (AvgIpc) is 1.60. The smallest absolute Gasteiger partial charge is 0.0792 e. The molecule has 0 atom stereocenters. The minimum Gasteiger partial charge on any atom is -0.372 e. The zero-order chi connectivity index (χ0) is 8.36. The number of rotatable bonds is 2. The molecular weight excluding hydrogens is 144 g/mol. The van der Waals surface area contributed by atoms with Crippen LogP contribution in [0.5, 0.6) is 0 Å². The van der Waals surface area contributed by atoms with Crippen LogP contribution in [-0.4, -0.2) is 29.5 Å². The first-order valence-corrected chi connectivity index (χ1v) is 3.73. The Bertz CT molecular complexity index is 124. The van der Waals surface area contributed by atoms with Crippen LogP contribution >= 0.6 is 12.2 Å². The number of nitrogens with zero attached hydrogens (tertiary/aromatic N) is 1. The van der Waals surface area contributed by atoms with Gasteiger partial charge in [-0.15, -0.1) is 0 Å². The molecule has 0 saturated carbocycles. The molecule has 0 aromatic rings. The van der Waals surface area contributed by atoms with E-state index in [1.807, 2.05) is 32.8 Å². The Hall–Kier alpha value is -0.150. The molecule has 0 spiro atoms. The van der Waals surface area contributed by atoms with Gasteiger partial charge in [-0.2, -0.15) is 0 Å². The van der Waals surface area contributed by atoms with Crippen molar-refractivity contribution >= 4 is 17.2 Å². The van der Waals surface area contributed by atoms with Gasteiger partial charge >= 0.3 is 0 Å². The fourth-order valence-electron chi connectivity index (χ4n) is 0.548. The van der Waals surface area contributed by atoms with Gasteiger partial charge in [-0.25, -0.2) is 0 Å². The summed E-state index contributed by atoms with van der Waals surface area (Å²) in [5, 5.41) is 0. The van der Waals surface area contributed by atoms with Crippen molar-refractivity contribution in [1.29, 1.82) is 0 Å². The van der Waals surface area contributed by atoms with E-state index in [1.54, 1.807) is 0 Å². The van der Waals surface area contributed by atoms with Crippen molar-refractivity contribution in [1.82, 2.24) is 4.90 Å². The molecule has 2 N–H and O–H groups in total. The molecule has 0 saturated heterocycles. The van der Waals surface area contributed by atoms with E-state index in [0.29, 0.717) is 0 Å². The van der Waals surface area contributed by atoms with Crippen molar-refractivity contribution < 1.29 is 0 Å². The minimum atomic E-state index is -0.179. The Balaban J connectivity index is 3.81. The lowest BCUT2D eigenvalue weighted by molar-refractivity contribution is 0.508. The first-order chi connectivity index (χ1) is 4.33. The fraction of sp³-hybridized carbons (Fsp3) is 0.857. The van der Waals surface area contributed by atoms with Crippen LogP contribution in [0.3, 0.4) is 0 Å². The molecule has 0 aliphatic heterocycles. The summed E-state index contributed by atoms with van der Waals surface area (Å²) in [5.41, 5.74) is 5.58. The molecule has 0 rings (SSSR count). The molecule has 0 radical (unpaired) electrons. The molecule has 0 unspecified atom stereocenters. The van der Waals surface area contributed by atoms with Crippen molar-refractivity contribution in [3.05, 3.63) is 0 Å². The largest absolute Gasteiger partial charge is 0.372 e. The summed E-state index contributed by atoms with van der Waals surface area (Å²) in [4.78, 5) is 2.83. The second-order valence-corrected chi connectivity index (χ2v) is 3.92. The maximum Gasteiger partial charge on any atom is 0.0792 e. The van der Waals surface area contributed by atoms with Gasteiger partial charge in [0.2, 0.25) is 0 Å². The van der Waals surface area contributed by atoms with Crippen molar-refractivity contribution in [3.63, 3.8) is 0 Å². The highest BCUT2D eigenvalue weighted by molar-refractivity contribution is 7.80. The number of hydrogen-bond donors (Lipinski definition) is 1. The summed E-state index contributed by atoms with van der Waals surface area (Å²) in [6.45, 7) is 3.95. The third-order valence-corrected chi connectivity index (χ3v) is 1.62. The van der Waals surface area contributed by atoms with Crippen molar-refractivity contribution in [2.24, 2.45) is 5.73 Å². The quantitative estimate of drug-likeness (QED) is 0.611. The molecule has 2 nitrogen and oxygen atoms in total. The Morgan fingerprint density at radius 3 is 2.00 bits per heavy atom. The fourth-order valence-corrected chi connectivity index (χ4v) is 0.920. The van der Waals surface area contributed by atoms with Crippen LogP contribution < -0.4 is 5.73 Å². The summed E-state index contributed by atoms with van der Waals surface area (Å²) in [6, 6.07) is 0. The molecule has 0 fully saturated rings. The summed E-state index contributed by atoms with van der Waals surface area (Å²) in [5.74, 6) is 0. The first kappa shape index (κ1) is 9.85. The van der Waals surface area contributed by atoms with E-state index in [0.717, 1.165) is 11.4 Å². The molecule has 0 aromatic heterocycles. The van der Waals surface area contributed by atoms with E-state index < -0.39 is 0 Å². The van der Waals surface area contributed by atoms with Gasteiger partial charge in [0.25, 0.3) is 0 Å². The lowest BCUT2D eigenvalue weighted by Crippen LogP contribution is -2.37. The molecule has 0 amide bonds. The predicted octanol–water partition coefficient (Wildman–Crippen LogP) is 1.00. The normalized spacial score (nSPS) is 11.3. The van der Waals surface area contributed by atoms with Gasteiger partial charge in [-0.3, -0.25) is 0 Å². The van der Waals surface area contributed by atoms with E-state index in [4.69, 9.17) is 18.0 Å². The zero-order valence-corrected chi connectivity index (χ0v) is 7.96. The topological polar surface area (TPSA) is 29.3 Å². The molecule has 0 heterocycles. The van der Waals surface area contributed by atoms with E-state index >= 15 is 0 Å². The Labute approximate surface area is 68.4 Å². The number of thiocarbonyl (C=S) groups is 1. The Morgan fingerprint density at radius 1 is 1.50 bits per heavy atom. The summed E-state index contributed by atoms with van der Waals surface area (Å²) < 4.78 is 0. The van der Waals surface area contributed by atoms with Gasteiger partial charge in [0.05, 0.1) is 4.99 Å². The molecule has 0 aromatic carbocycles. The SMILES string of the molecule is CN(C)C(=S)CC(C)(C)N. The van der Waals surface area contributed by atoms with Gasteiger partial charge in [-0.1, -0.05) is 12.2 Å². The highest BCUT2D eigenvalue weighted by atomic mass is 32.1. The summed E-state index contributed by atoms with van der Waals surface area (Å²) in [6.07, 6.45) is 0.773. The van der Waals surface area contributed by atoms with Crippen LogP contribution in [0.2, 0.25) is 0 Å². The van der Waals surface area contributed by atoms with Crippen LogP contribution in [0.4, 0.5) is 0 Å². The second kappa shape index (κ2) is 3.30. The average molecular weight is 160 g/mol. The molecule has 3 heteroatoms. The van der Waals surface area contributed by atoms with Gasteiger partial charge in [0.15, 0.2) is 0 Å².